The largest absolute Gasteiger partial charge is 0.348 e. The van der Waals surface area contributed by atoms with E-state index >= 15 is 0 Å². The zero-order valence-electron chi connectivity index (χ0n) is 14.4. The second kappa shape index (κ2) is 7.88. The lowest BCUT2D eigenvalue weighted by Crippen LogP contribution is -2.36. The van der Waals surface area contributed by atoms with Crippen molar-refractivity contribution in [1.29, 1.82) is 0 Å². The third-order valence-corrected chi connectivity index (χ3v) is 5.60. The first-order chi connectivity index (χ1) is 11.7. The van der Waals surface area contributed by atoms with Crippen LogP contribution in [-0.2, 0) is 17.8 Å². The molecule has 1 heterocycles. The molecule has 1 amide bonds. The summed E-state index contributed by atoms with van der Waals surface area (Å²) in [5, 5.41) is 4.01. The Labute approximate surface area is 148 Å². The van der Waals surface area contributed by atoms with Gasteiger partial charge in [-0.15, -0.1) is 0 Å². The number of rotatable bonds is 6. The Morgan fingerprint density at radius 3 is 3.12 bits per heavy atom. The van der Waals surface area contributed by atoms with Gasteiger partial charge in [-0.2, -0.15) is 0 Å². The van der Waals surface area contributed by atoms with Crippen LogP contribution < -0.4 is 5.32 Å². The lowest BCUT2D eigenvalue weighted by atomic mass is 9.88. The van der Waals surface area contributed by atoms with Crippen molar-refractivity contribution >= 4 is 17.7 Å². The molecule has 4 nitrogen and oxygen atoms in total. The first-order valence-electron chi connectivity index (χ1n) is 8.75. The normalized spacial score (nSPS) is 18.0. The summed E-state index contributed by atoms with van der Waals surface area (Å²) in [5.41, 5.74) is 2.65. The lowest BCUT2D eigenvalue weighted by molar-refractivity contribution is -0.121. The SMILES string of the molecule is CCCn1ccnc1SC(C)C(=O)NC1CCCc2ccccc21. The van der Waals surface area contributed by atoms with Crippen molar-refractivity contribution in [1.82, 2.24) is 14.9 Å². The Morgan fingerprint density at radius 1 is 1.46 bits per heavy atom. The standard InChI is InChI=1S/C19H25N3OS/c1-3-12-22-13-11-20-19(22)24-14(2)18(23)21-17-10-6-8-15-7-4-5-9-16(15)17/h4-5,7,9,11,13-14,17H,3,6,8,10,12H2,1-2H3,(H,21,23). The van der Waals surface area contributed by atoms with E-state index in [1.54, 1.807) is 6.20 Å². The average Bonchev–Trinajstić information content (AvgIpc) is 3.02. The van der Waals surface area contributed by atoms with Gasteiger partial charge in [-0.3, -0.25) is 4.79 Å². The van der Waals surface area contributed by atoms with Crippen molar-refractivity contribution < 1.29 is 4.79 Å². The van der Waals surface area contributed by atoms with E-state index in [1.165, 1.54) is 22.9 Å². The third-order valence-electron chi connectivity index (χ3n) is 4.48. The summed E-state index contributed by atoms with van der Waals surface area (Å²) >= 11 is 1.53. The zero-order chi connectivity index (χ0) is 16.9. The van der Waals surface area contributed by atoms with Crippen LogP contribution in [0.3, 0.4) is 0 Å². The van der Waals surface area contributed by atoms with Crippen LogP contribution in [0.2, 0.25) is 0 Å². The Morgan fingerprint density at radius 2 is 2.29 bits per heavy atom. The molecule has 1 aliphatic rings. The molecule has 2 aromatic rings. The van der Waals surface area contributed by atoms with Gasteiger partial charge in [0.2, 0.25) is 5.91 Å². The summed E-state index contributed by atoms with van der Waals surface area (Å²) in [6, 6.07) is 8.59. The minimum atomic E-state index is -0.155. The Balaban J connectivity index is 1.64. The van der Waals surface area contributed by atoms with Crippen LogP contribution in [0.4, 0.5) is 0 Å². The van der Waals surface area contributed by atoms with Gasteiger partial charge in [0.05, 0.1) is 11.3 Å². The molecule has 1 aliphatic carbocycles. The highest BCUT2D eigenvalue weighted by molar-refractivity contribution is 8.00. The molecule has 0 spiro atoms. The van der Waals surface area contributed by atoms with Crippen molar-refractivity contribution in [2.45, 2.75) is 62.5 Å². The highest BCUT2D eigenvalue weighted by Crippen LogP contribution is 2.30. The summed E-state index contributed by atoms with van der Waals surface area (Å²) < 4.78 is 2.12. The van der Waals surface area contributed by atoms with Gasteiger partial charge in [0, 0.05) is 18.9 Å². The summed E-state index contributed by atoms with van der Waals surface area (Å²) in [5.74, 6) is 0.0905. The van der Waals surface area contributed by atoms with Crippen LogP contribution in [0.15, 0.2) is 41.8 Å². The van der Waals surface area contributed by atoms with Gasteiger partial charge < -0.3 is 9.88 Å². The van der Waals surface area contributed by atoms with Crippen LogP contribution in [-0.4, -0.2) is 20.7 Å². The second-order valence-corrected chi connectivity index (χ2v) is 7.62. The first kappa shape index (κ1) is 17.1. The molecule has 1 aromatic heterocycles. The molecule has 0 aliphatic heterocycles. The molecule has 3 rings (SSSR count). The number of hydrogen-bond acceptors (Lipinski definition) is 3. The predicted molar refractivity (Wildman–Crippen MR) is 98.1 cm³/mol. The molecule has 1 aromatic carbocycles. The molecule has 5 heteroatoms. The number of amides is 1. The van der Waals surface area contributed by atoms with E-state index in [9.17, 15) is 4.79 Å². The maximum Gasteiger partial charge on any atom is 0.233 e. The van der Waals surface area contributed by atoms with Crippen molar-refractivity contribution in [2.75, 3.05) is 0 Å². The topological polar surface area (TPSA) is 46.9 Å². The van der Waals surface area contributed by atoms with Crippen LogP contribution >= 0.6 is 11.8 Å². The molecule has 0 saturated carbocycles. The highest BCUT2D eigenvalue weighted by atomic mass is 32.2. The summed E-state index contributed by atoms with van der Waals surface area (Å²) in [7, 11) is 0. The van der Waals surface area contributed by atoms with Gasteiger partial charge in [-0.25, -0.2) is 4.98 Å². The number of fused-ring (bicyclic) bond motifs is 1. The number of aromatic nitrogens is 2. The number of aryl methyl sites for hydroxylation is 2. The van der Waals surface area contributed by atoms with Crippen molar-refractivity contribution in [3.63, 3.8) is 0 Å². The van der Waals surface area contributed by atoms with E-state index in [4.69, 9.17) is 0 Å². The van der Waals surface area contributed by atoms with Gasteiger partial charge in [0.25, 0.3) is 0 Å². The Kier molecular flexibility index (Phi) is 5.61. The van der Waals surface area contributed by atoms with Gasteiger partial charge in [0.15, 0.2) is 5.16 Å². The fraction of sp³-hybridized carbons (Fsp3) is 0.474. The van der Waals surface area contributed by atoms with E-state index in [0.29, 0.717) is 0 Å². The monoisotopic (exact) mass is 343 g/mol. The van der Waals surface area contributed by atoms with Crippen LogP contribution in [0.1, 0.15) is 50.3 Å². The molecule has 0 saturated heterocycles. The van der Waals surface area contributed by atoms with Crippen molar-refractivity contribution in [2.24, 2.45) is 0 Å². The number of imidazole rings is 1. The van der Waals surface area contributed by atoms with E-state index in [1.807, 2.05) is 13.1 Å². The summed E-state index contributed by atoms with van der Waals surface area (Å²) in [6.45, 7) is 5.04. The Bertz CT molecular complexity index is 697. The fourth-order valence-corrected chi connectivity index (χ4v) is 4.13. The maximum absolute atomic E-state index is 12.6. The third kappa shape index (κ3) is 3.83. The lowest BCUT2D eigenvalue weighted by Gasteiger charge is -2.27. The number of carbonyl (C=O) groups excluding carboxylic acids is 1. The van der Waals surface area contributed by atoms with Gasteiger partial charge in [-0.1, -0.05) is 43.0 Å². The predicted octanol–water partition coefficient (Wildman–Crippen LogP) is 3.97. The van der Waals surface area contributed by atoms with E-state index in [-0.39, 0.29) is 17.2 Å². The molecule has 1 N–H and O–H groups in total. The molecule has 0 radical (unpaired) electrons. The van der Waals surface area contributed by atoms with Crippen molar-refractivity contribution in [3.8, 4) is 0 Å². The minimum Gasteiger partial charge on any atom is -0.348 e. The molecule has 0 fully saturated rings. The van der Waals surface area contributed by atoms with Gasteiger partial charge in [-0.05, 0) is 43.7 Å². The number of carbonyl (C=O) groups is 1. The number of nitrogens with zero attached hydrogens (tertiary/aromatic N) is 2. The number of hydrogen-bond donors (Lipinski definition) is 1. The molecule has 2 atom stereocenters. The molecular weight excluding hydrogens is 318 g/mol. The van der Waals surface area contributed by atoms with Crippen LogP contribution in [0, 0.1) is 0 Å². The van der Waals surface area contributed by atoms with E-state index in [2.05, 4.69) is 46.1 Å². The highest BCUT2D eigenvalue weighted by Gasteiger charge is 2.24. The Hall–Kier alpha value is -1.75. The van der Waals surface area contributed by atoms with Gasteiger partial charge >= 0.3 is 0 Å². The molecule has 128 valence electrons. The minimum absolute atomic E-state index is 0.0905. The molecular formula is C19H25N3OS. The second-order valence-electron chi connectivity index (χ2n) is 6.32. The van der Waals surface area contributed by atoms with Crippen molar-refractivity contribution in [3.05, 3.63) is 47.8 Å². The number of thioether (sulfide) groups is 1. The summed E-state index contributed by atoms with van der Waals surface area (Å²) in [6.07, 6.45) is 8.10. The zero-order valence-corrected chi connectivity index (χ0v) is 15.2. The molecule has 24 heavy (non-hydrogen) atoms. The molecule has 0 bridgehead atoms. The smallest absolute Gasteiger partial charge is 0.233 e. The number of nitrogens with one attached hydrogen (secondary N) is 1. The first-order valence-corrected chi connectivity index (χ1v) is 9.63. The van der Waals surface area contributed by atoms with Crippen LogP contribution in [0.25, 0.3) is 0 Å². The number of benzene rings is 1. The van der Waals surface area contributed by atoms with E-state index in [0.717, 1.165) is 37.4 Å². The van der Waals surface area contributed by atoms with Gasteiger partial charge in [0.1, 0.15) is 0 Å². The summed E-state index contributed by atoms with van der Waals surface area (Å²) in [4.78, 5) is 17.0. The maximum atomic E-state index is 12.6. The molecule has 2 unspecified atom stereocenters. The fourth-order valence-electron chi connectivity index (χ4n) is 3.23. The van der Waals surface area contributed by atoms with E-state index < -0.39 is 0 Å². The van der Waals surface area contributed by atoms with Crippen LogP contribution in [0.5, 0.6) is 0 Å². The average molecular weight is 343 g/mol. The quantitative estimate of drug-likeness (QED) is 0.807.